The Labute approximate surface area is 206 Å². The molecule has 1 aliphatic heterocycles. The molecule has 1 aliphatic carbocycles. The number of piperazine rings is 1. The van der Waals surface area contributed by atoms with Gasteiger partial charge in [-0.1, -0.05) is 31.4 Å². The summed E-state index contributed by atoms with van der Waals surface area (Å²) >= 11 is 0. The van der Waals surface area contributed by atoms with Crippen molar-refractivity contribution in [1.29, 1.82) is 0 Å². The van der Waals surface area contributed by atoms with Crippen LogP contribution in [0.1, 0.15) is 60.4 Å². The number of amides is 2. The third-order valence-corrected chi connectivity index (χ3v) is 7.31. The van der Waals surface area contributed by atoms with Crippen molar-refractivity contribution in [3.05, 3.63) is 71.3 Å². The predicted octanol–water partition coefficient (Wildman–Crippen LogP) is 4.59. The van der Waals surface area contributed by atoms with Crippen LogP contribution in [0, 0.1) is 17.6 Å². The standard InChI is InChI=1S/C28H35F2N3O2/c1-32-15-17-33(18-16-32)28(35)26(31-27(34)21-9-13-24(30)14-10-21)6-4-2-3-5-22-19-25(22)20-7-11-23(29)12-8-20/h7-14,22,25-26H,2-6,15-19H2,1H3,(H,31,34)/t22?,25-,26-/m0/s1. The molecule has 4 rings (SSSR count). The minimum atomic E-state index is -0.580. The van der Waals surface area contributed by atoms with Gasteiger partial charge < -0.3 is 15.1 Å². The van der Waals surface area contributed by atoms with Crippen molar-refractivity contribution in [2.45, 2.75) is 50.5 Å². The zero-order valence-corrected chi connectivity index (χ0v) is 20.4. The summed E-state index contributed by atoms with van der Waals surface area (Å²) in [6.07, 6.45) is 5.78. The molecule has 7 heteroatoms. The second-order valence-electron chi connectivity index (χ2n) is 9.95. The number of unbranched alkanes of at least 4 members (excludes halogenated alkanes) is 2. The van der Waals surface area contributed by atoms with Crippen molar-refractivity contribution in [2.24, 2.45) is 5.92 Å². The summed E-state index contributed by atoms with van der Waals surface area (Å²) in [5.74, 6) is 0.213. The lowest BCUT2D eigenvalue weighted by molar-refractivity contribution is -0.135. The number of likely N-dealkylation sites (N-methyl/N-ethyl adjacent to an activating group) is 1. The normalized spacial score (nSPS) is 20.9. The van der Waals surface area contributed by atoms with Gasteiger partial charge in [0.15, 0.2) is 0 Å². The summed E-state index contributed by atoms with van der Waals surface area (Å²) in [6, 6.07) is 11.6. The van der Waals surface area contributed by atoms with E-state index in [4.69, 9.17) is 0 Å². The smallest absolute Gasteiger partial charge is 0.251 e. The van der Waals surface area contributed by atoms with E-state index in [0.717, 1.165) is 45.2 Å². The fourth-order valence-corrected chi connectivity index (χ4v) is 4.96. The number of carbonyl (C=O) groups is 2. The Morgan fingerprint density at radius 2 is 1.54 bits per heavy atom. The fourth-order valence-electron chi connectivity index (χ4n) is 4.96. The first-order chi connectivity index (χ1) is 16.9. The van der Waals surface area contributed by atoms with Gasteiger partial charge in [0.2, 0.25) is 5.91 Å². The molecule has 2 fully saturated rings. The van der Waals surface area contributed by atoms with Gasteiger partial charge in [0.25, 0.3) is 5.91 Å². The lowest BCUT2D eigenvalue weighted by atomic mass is 10.0. The van der Waals surface area contributed by atoms with Gasteiger partial charge >= 0.3 is 0 Å². The summed E-state index contributed by atoms with van der Waals surface area (Å²) < 4.78 is 26.4. The van der Waals surface area contributed by atoms with E-state index >= 15 is 0 Å². The SMILES string of the molecule is CN1CCN(C(=O)[C@H](CCCCCC2C[C@H]2c2ccc(F)cc2)NC(=O)c2ccc(F)cc2)CC1. The second-order valence-corrected chi connectivity index (χ2v) is 9.95. The lowest BCUT2D eigenvalue weighted by Crippen LogP contribution is -2.54. The molecule has 0 spiro atoms. The van der Waals surface area contributed by atoms with E-state index in [1.165, 1.54) is 42.0 Å². The molecule has 188 valence electrons. The van der Waals surface area contributed by atoms with Crippen LogP contribution in [-0.4, -0.2) is 60.9 Å². The van der Waals surface area contributed by atoms with E-state index in [1.54, 1.807) is 0 Å². The number of nitrogens with one attached hydrogen (secondary N) is 1. The molecular weight excluding hydrogens is 448 g/mol. The van der Waals surface area contributed by atoms with Crippen molar-refractivity contribution < 1.29 is 18.4 Å². The van der Waals surface area contributed by atoms with Gasteiger partial charge in [-0.3, -0.25) is 9.59 Å². The molecule has 2 aliphatic rings. The van der Waals surface area contributed by atoms with Crippen LogP contribution >= 0.6 is 0 Å². The van der Waals surface area contributed by atoms with Gasteiger partial charge in [0.1, 0.15) is 17.7 Å². The number of rotatable bonds is 10. The van der Waals surface area contributed by atoms with Crippen molar-refractivity contribution in [3.8, 4) is 0 Å². The van der Waals surface area contributed by atoms with Gasteiger partial charge in [-0.25, -0.2) is 8.78 Å². The van der Waals surface area contributed by atoms with Crippen LogP contribution in [-0.2, 0) is 4.79 Å². The van der Waals surface area contributed by atoms with E-state index in [9.17, 15) is 18.4 Å². The second kappa shape index (κ2) is 11.8. The zero-order chi connectivity index (χ0) is 24.8. The molecular formula is C28H35F2N3O2. The first-order valence-corrected chi connectivity index (χ1v) is 12.7. The molecule has 0 radical (unpaired) electrons. The molecule has 1 saturated heterocycles. The maximum Gasteiger partial charge on any atom is 0.251 e. The van der Waals surface area contributed by atoms with Crippen LogP contribution in [0.2, 0.25) is 0 Å². The number of nitrogens with zero attached hydrogens (tertiary/aromatic N) is 2. The van der Waals surface area contributed by atoms with Crippen molar-refractivity contribution in [3.63, 3.8) is 0 Å². The highest BCUT2D eigenvalue weighted by atomic mass is 19.1. The molecule has 5 nitrogen and oxygen atoms in total. The summed E-state index contributed by atoms with van der Waals surface area (Å²) in [5, 5.41) is 2.91. The average Bonchev–Trinajstić information content (AvgIpc) is 3.63. The third kappa shape index (κ3) is 7.10. The Balaban J connectivity index is 1.26. The zero-order valence-electron chi connectivity index (χ0n) is 20.4. The number of benzene rings is 2. The maximum atomic E-state index is 13.2. The average molecular weight is 484 g/mol. The van der Waals surface area contributed by atoms with E-state index in [0.29, 0.717) is 36.9 Å². The van der Waals surface area contributed by atoms with Gasteiger partial charge in [-0.15, -0.1) is 0 Å². The van der Waals surface area contributed by atoms with E-state index in [2.05, 4.69) is 10.2 Å². The first-order valence-electron chi connectivity index (χ1n) is 12.7. The highest BCUT2D eigenvalue weighted by molar-refractivity contribution is 5.97. The Kier molecular flexibility index (Phi) is 8.50. The van der Waals surface area contributed by atoms with Crippen molar-refractivity contribution in [2.75, 3.05) is 33.2 Å². The molecule has 2 amide bonds. The van der Waals surface area contributed by atoms with Gasteiger partial charge in [0, 0.05) is 31.7 Å². The topological polar surface area (TPSA) is 52.6 Å². The molecule has 35 heavy (non-hydrogen) atoms. The lowest BCUT2D eigenvalue weighted by Gasteiger charge is -2.34. The summed E-state index contributed by atoms with van der Waals surface area (Å²) in [7, 11) is 2.04. The Morgan fingerprint density at radius 3 is 2.20 bits per heavy atom. The molecule has 2 aromatic rings. The van der Waals surface area contributed by atoms with Crippen LogP contribution in [0.25, 0.3) is 0 Å². The fraction of sp³-hybridized carbons (Fsp3) is 0.500. The Morgan fingerprint density at radius 1 is 0.914 bits per heavy atom. The van der Waals surface area contributed by atoms with Crippen LogP contribution < -0.4 is 5.32 Å². The van der Waals surface area contributed by atoms with Crippen molar-refractivity contribution >= 4 is 11.8 Å². The number of halogens is 2. The highest BCUT2D eigenvalue weighted by Crippen LogP contribution is 2.50. The van der Waals surface area contributed by atoms with Gasteiger partial charge in [-0.05, 0) is 80.1 Å². The molecule has 2 aromatic carbocycles. The quantitative estimate of drug-likeness (QED) is 0.503. The Bertz CT molecular complexity index is 988. The molecule has 1 unspecified atom stereocenters. The summed E-state index contributed by atoms with van der Waals surface area (Å²) in [5.41, 5.74) is 1.57. The van der Waals surface area contributed by atoms with Crippen LogP contribution in [0.15, 0.2) is 48.5 Å². The van der Waals surface area contributed by atoms with Gasteiger partial charge in [-0.2, -0.15) is 0 Å². The Hall–Kier alpha value is -2.80. The predicted molar refractivity (Wildman–Crippen MR) is 132 cm³/mol. The van der Waals surface area contributed by atoms with E-state index in [1.807, 2.05) is 24.1 Å². The highest BCUT2D eigenvalue weighted by Gasteiger charge is 2.37. The molecule has 0 aromatic heterocycles. The summed E-state index contributed by atoms with van der Waals surface area (Å²) in [6.45, 7) is 2.96. The van der Waals surface area contributed by atoms with Crippen molar-refractivity contribution in [1.82, 2.24) is 15.1 Å². The first kappa shape index (κ1) is 25.3. The minimum Gasteiger partial charge on any atom is -0.340 e. The minimum absolute atomic E-state index is 0.0351. The van der Waals surface area contributed by atoms with Crippen LogP contribution in [0.3, 0.4) is 0 Å². The molecule has 1 saturated carbocycles. The monoisotopic (exact) mass is 483 g/mol. The number of hydrogen-bond donors (Lipinski definition) is 1. The largest absolute Gasteiger partial charge is 0.340 e. The van der Waals surface area contributed by atoms with Crippen LogP contribution in [0.5, 0.6) is 0 Å². The number of hydrogen-bond acceptors (Lipinski definition) is 3. The molecule has 1 heterocycles. The maximum absolute atomic E-state index is 13.2. The van der Waals surface area contributed by atoms with Crippen LogP contribution in [0.4, 0.5) is 8.78 Å². The summed E-state index contributed by atoms with van der Waals surface area (Å²) in [4.78, 5) is 30.0. The molecule has 1 N–H and O–H groups in total. The number of carbonyl (C=O) groups excluding carboxylic acids is 2. The van der Waals surface area contributed by atoms with E-state index < -0.39 is 11.9 Å². The molecule has 0 bridgehead atoms. The van der Waals surface area contributed by atoms with E-state index in [-0.39, 0.29) is 17.6 Å². The third-order valence-electron chi connectivity index (χ3n) is 7.31. The molecule has 3 atom stereocenters. The van der Waals surface area contributed by atoms with Gasteiger partial charge in [0.05, 0.1) is 0 Å².